The number of alkyl halides is 3. The zero-order valence-corrected chi connectivity index (χ0v) is 16.3. The van der Waals surface area contributed by atoms with Gasteiger partial charge in [-0.1, -0.05) is 0 Å². The molecule has 0 unspecified atom stereocenters. The Hall–Kier alpha value is -1.10. The molecule has 4 nitrogen and oxygen atoms in total. The number of piperidine rings is 1. The molecule has 2 heterocycles. The molecule has 0 spiro atoms. The minimum atomic E-state index is -4.39. The fourth-order valence-corrected chi connectivity index (χ4v) is 5.84. The number of aromatic nitrogens is 1. The van der Waals surface area contributed by atoms with Gasteiger partial charge in [-0.2, -0.15) is 17.5 Å². The monoisotopic (exact) mass is 422 g/mol. The van der Waals surface area contributed by atoms with Gasteiger partial charge in [-0.25, -0.2) is 13.4 Å². The smallest absolute Gasteiger partial charge is 0.246 e. The van der Waals surface area contributed by atoms with Gasteiger partial charge in [0.1, 0.15) is 0 Å². The number of benzene rings is 1. The minimum absolute atomic E-state index is 0.0209. The third-order valence-corrected chi connectivity index (χ3v) is 7.91. The number of nitrogens with zero attached hydrogens (tertiary/aromatic N) is 2. The van der Waals surface area contributed by atoms with Crippen molar-refractivity contribution in [3.63, 3.8) is 0 Å². The van der Waals surface area contributed by atoms with Gasteiger partial charge in [0.05, 0.1) is 9.90 Å². The standard InChI is InChI=1S/C16H17F3N2O2S3/c1-11-10-24-15(20-11)12-6-8-21(9-7-12)26(22,23)14-4-2-13(3-5-14)25-16(17,18)19/h2-5,10,12H,6-9H2,1H3. The lowest BCUT2D eigenvalue weighted by Gasteiger charge is -2.30. The van der Waals surface area contributed by atoms with Crippen molar-refractivity contribution in [1.82, 2.24) is 9.29 Å². The Morgan fingerprint density at radius 3 is 2.31 bits per heavy atom. The van der Waals surface area contributed by atoms with Gasteiger partial charge < -0.3 is 0 Å². The molecule has 0 aliphatic carbocycles. The molecule has 3 rings (SSSR count). The lowest BCUT2D eigenvalue weighted by atomic mass is 9.99. The average molecular weight is 423 g/mol. The molecule has 0 atom stereocenters. The van der Waals surface area contributed by atoms with Crippen LogP contribution in [-0.4, -0.2) is 36.3 Å². The van der Waals surface area contributed by atoms with Crippen LogP contribution in [0.2, 0.25) is 0 Å². The predicted molar refractivity (Wildman–Crippen MR) is 95.9 cm³/mol. The first-order valence-electron chi connectivity index (χ1n) is 7.93. The molecule has 0 N–H and O–H groups in total. The number of halogens is 3. The zero-order valence-electron chi connectivity index (χ0n) is 13.9. The number of aryl methyl sites for hydroxylation is 1. The van der Waals surface area contributed by atoms with E-state index in [0.717, 1.165) is 10.7 Å². The lowest BCUT2D eigenvalue weighted by Crippen LogP contribution is -2.37. The normalized spacial score (nSPS) is 17.5. The van der Waals surface area contributed by atoms with E-state index in [0.29, 0.717) is 25.9 Å². The van der Waals surface area contributed by atoms with E-state index in [1.165, 1.54) is 28.6 Å². The number of thiazole rings is 1. The largest absolute Gasteiger partial charge is 0.446 e. The number of hydrogen-bond donors (Lipinski definition) is 0. The van der Waals surface area contributed by atoms with Crippen molar-refractivity contribution in [2.45, 2.75) is 41.0 Å². The van der Waals surface area contributed by atoms with Gasteiger partial charge in [0.25, 0.3) is 0 Å². The summed E-state index contributed by atoms with van der Waals surface area (Å²) in [4.78, 5) is 4.46. The molecule has 0 saturated carbocycles. The highest BCUT2D eigenvalue weighted by Gasteiger charge is 2.32. The summed E-state index contributed by atoms with van der Waals surface area (Å²) >= 11 is 1.34. The Morgan fingerprint density at radius 2 is 1.81 bits per heavy atom. The van der Waals surface area contributed by atoms with Crippen LogP contribution in [0.15, 0.2) is 39.4 Å². The van der Waals surface area contributed by atoms with Crippen molar-refractivity contribution in [3.05, 3.63) is 40.3 Å². The first-order chi connectivity index (χ1) is 12.1. The average Bonchev–Trinajstić information content (AvgIpc) is 3.00. The zero-order chi connectivity index (χ0) is 18.9. The van der Waals surface area contributed by atoms with Crippen molar-refractivity contribution in [3.8, 4) is 0 Å². The van der Waals surface area contributed by atoms with E-state index in [2.05, 4.69) is 4.98 Å². The van der Waals surface area contributed by atoms with E-state index in [9.17, 15) is 21.6 Å². The van der Waals surface area contributed by atoms with Gasteiger partial charge >= 0.3 is 5.51 Å². The van der Waals surface area contributed by atoms with Crippen LogP contribution < -0.4 is 0 Å². The molecule has 0 bridgehead atoms. The highest BCUT2D eigenvalue weighted by atomic mass is 32.2. The Balaban J connectivity index is 1.67. The van der Waals surface area contributed by atoms with Crippen molar-refractivity contribution in [2.75, 3.05) is 13.1 Å². The maximum absolute atomic E-state index is 12.7. The summed E-state index contributed by atoms with van der Waals surface area (Å²) in [6.07, 6.45) is 1.38. The summed E-state index contributed by atoms with van der Waals surface area (Å²) < 4.78 is 64.0. The first-order valence-corrected chi connectivity index (χ1v) is 11.1. The van der Waals surface area contributed by atoms with Crippen LogP contribution in [0.5, 0.6) is 0 Å². The maximum atomic E-state index is 12.7. The van der Waals surface area contributed by atoms with Gasteiger partial charge in [-0.15, -0.1) is 11.3 Å². The van der Waals surface area contributed by atoms with Gasteiger partial charge in [-0.05, 0) is 55.8 Å². The molecule has 1 fully saturated rings. The third kappa shape index (κ3) is 4.59. The van der Waals surface area contributed by atoms with Crippen molar-refractivity contribution in [1.29, 1.82) is 0 Å². The fourth-order valence-electron chi connectivity index (χ4n) is 2.87. The molecule has 2 aromatic rings. The maximum Gasteiger partial charge on any atom is 0.446 e. The Morgan fingerprint density at radius 1 is 1.19 bits per heavy atom. The molecule has 26 heavy (non-hydrogen) atoms. The third-order valence-electron chi connectivity index (χ3n) is 4.14. The summed E-state index contributed by atoms with van der Waals surface area (Å²) in [5, 5.41) is 3.02. The topological polar surface area (TPSA) is 50.3 Å². The molecule has 1 aliphatic heterocycles. The minimum Gasteiger partial charge on any atom is -0.246 e. The van der Waals surface area contributed by atoms with Gasteiger partial charge in [0, 0.05) is 35.0 Å². The molecule has 1 aromatic heterocycles. The number of hydrogen-bond acceptors (Lipinski definition) is 5. The van der Waals surface area contributed by atoms with E-state index >= 15 is 0 Å². The Labute approximate surface area is 158 Å². The molecule has 1 saturated heterocycles. The molecule has 1 aromatic carbocycles. The van der Waals surface area contributed by atoms with Crippen molar-refractivity contribution < 1.29 is 21.6 Å². The highest BCUT2D eigenvalue weighted by molar-refractivity contribution is 8.00. The predicted octanol–water partition coefficient (Wildman–Crippen LogP) is 4.63. The first kappa shape index (κ1) is 19.7. The van der Waals surface area contributed by atoms with Crippen LogP contribution in [0.25, 0.3) is 0 Å². The molecule has 0 radical (unpaired) electrons. The molecule has 142 valence electrons. The summed E-state index contributed by atoms with van der Waals surface area (Å²) in [5.41, 5.74) is -3.42. The van der Waals surface area contributed by atoms with E-state index in [1.807, 2.05) is 12.3 Å². The number of thioether (sulfide) groups is 1. The van der Waals surface area contributed by atoms with Crippen LogP contribution in [0.1, 0.15) is 29.5 Å². The Bertz CT molecular complexity index is 856. The second-order valence-corrected chi connectivity index (χ2v) is 9.99. The van der Waals surface area contributed by atoms with Gasteiger partial charge in [0.15, 0.2) is 0 Å². The van der Waals surface area contributed by atoms with Crippen LogP contribution >= 0.6 is 23.1 Å². The van der Waals surface area contributed by atoms with E-state index in [-0.39, 0.29) is 27.5 Å². The Kier molecular flexibility index (Phi) is 5.66. The van der Waals surface area contributed by atoms with E-state index in [1.54, 1.807) is 11.3 Å². The summed E-state index contributed by atoms with van der Waals surface area (Å²) in [6, 6.07) is 4.85. The SMILES string of the molecule is Cc1csc(C2CCN(S(=O)(=O)c3ccc(SC(F)(F)F)cc3)CC2)n1. The second kappa shape index (κ2) is 7.49. The van der Waals surface area contributed by atoms with Crippen LogP contribution in [0, 0.1) is 6.92 Å². The van der Waals surface area contributed by atoms with Crippen LogP contribution in [-0.2, 0) is 10.0 Å². The summed E-state index contributed by atoms with van der Waals surface area (Å²) in [5.74, 6) is 0.255. The lowest BCUT2D eigenvalue weighted by molar-refractivity contribution is -0.0328. The van der Waals surface area contributed by atoms with Gasteiger partial charge in [-0.3, -0.25) is 0 Å². The summed E-state index contributed by atoms with van der Waals surface area (Å²) in [6.45, 7) is 2.69. The highest BCUT2D eigenvalue weighted by Crippen LogP contribution is 2.37. The van der Waals surface area contributed by atoms with Crippen molar-refractivity contribution in [2.24, 2.45) is 0 Å². The molecular weight excluding hydrogens is 405 g/mol. The quantitative estimate of drug-likeness (QED) is 0.674. The molecule has 1 aliphatic rings. The van der Waals surface area contributed by atoms with E-state index in [4.69, 9.17) is 0 Å². The van der Waals surface area contributed by atoms with Crippen molar-refractivity contribution >= 4 is 33.1 Å². The second-order valence-electron chi connectivity index (χ2n) is 6.02. The summed E-state index contributed by atoms with van der Waals surface area (Å²) in [7, 11) is -3.70. The van der Waals surface area contributed by atoms with Crippen LogP contribution in [0.4, 0.5) is 13.2 Å². The fraction of sp³-hybridized carbons (Fsp3) is 0.438. The van der Waals surface area contributed by atoms with Gasteiger partial charge in [0.2, 0.25) is 10.0 Å². The molecule has 10 heteroatoms. The van der Waals surface area contributed by atoms with E-state index < -0.39 is 15.5 Å². The molecule has 0 amide bonds. The number of rotatable bonds is 4. The number of sulfonamides is 1. The molecular formula is C16H17F3N2O2S3. The van der Waals surface area contributed by atoms with Crippen LogP contribution in [0.3, 0.4) is 0 Å².